The molecule has 1 aromatic rings. The summed E-state index contributed by atoms with van der Waals surface area (Å²) in [6, 6.07) is 5.73. The number of benzene rings is 1. The minimum atomic E-state index is -4.76. The molecule has 1 heterocycles. The summed E-state index contributed by atoms with van der Waals surface area (Å²) in [7, 11) is 2.13. The average Bonchev–Trinajstić information content (AvgIpc) is 2.77. The third-order valence-electron chi connectivity index (χ3n) is 4.10. The molecule has 0 aromatic heterocycles. The number of hydrogen-bond donors (Lipinski definition) is 2. The lowest BCUT2D eigenvalue weighted by Crippen LogP contribution is -2.30. The number of aliphatic imine (C=N–C) groups is 1. The zero-order chi connectivity index (χ0) is 19.0. The molecular weight excluding hydrogens is 347 g/mol. The number of nitrogens with zero attached hydrogens (tertiary/aromatic N) is 3. The van der Waals surface area contributed by atoms with Gasteiger partial charge in [-0.05, 0) is 51.7 Å². The van der Waals surface area contributed by atoms with Gasteiger partial charge in [0.05, 0.1) is 5.69 Å². The topological polar surface area (TPSA) is 66.1 Å². The molecule has 6 nitrogen and oxygen atoms in total. The van der Waals surface area contributed by atoms with Crippen molar-refractivity contribution in [3.63, 3.8) is 0 Å². The van der Waals surface area contributed by atoms with Gasteiger partial charge in [0.15, 0.2) is 11.7 Å². The van der Waals surface area contributed by atoms with Crippen LogP contribution in [0.1, 0.15) is 12.8 Å². The summed E-state index contributed by atoms with van der Waals surface area (Å²) in [5.41, 5.74) is 5.91. The van der Waals surface area contributed by atoms with Gasteiger partial charge in [-0.1, -0.05) is 12.1 Å². The Kier molecular flexibility index (Phi) is 7.52. The van der Waals surface area contributed by atoms with Crippen molar-refractivity contribution < 1.29 is 17.9 Å². The zero-order valence-electron chi connectivity index (χ0n) is 14.9. The van der Waals surface area contributed by atoms with Crippen LogP contribution in [-0.2, 0) is 0 Å². The van der Waals surface area contributed by atoms with Crippen molar-refractivity contribution in [2.45, 2.75) is 19.2 Å². The maximum Gasteiger partial charge on any atom is 0.573 e. The van der Waals surface area contributed by atoms with Crippen LogP contribution in [0.15, 0.2) is 29.3 Å². The Morgan fingerprint density at radius 3 is 2.77 bits per heavy atom. The van der Waals surface area contributed by atoms with Crippen LogP contribution >= 0.6 is 0 Å². The van der Waals surface area contributed by atoms with Crippen molar-refractivity contribution in [3.8, 4) is 5.75 Å². The summed E-state index contributed by atoms with van der Waals surface area (Å²) in [6.07, 6.45) is -2.77. The number of hydrogen-bond acceptors (Lipinski definition) is 4. The van der Waals surface area contributed by atoms with Gasteiger partial charge in [0, 0.05) is 19.6 Å². The first kappa shape index (κ1) is 20.3. The fourth-order valence-corrected chi connectivity index (χ4v) is 2.78. The minimum absolute atomic E-state index is 0.0684. The predicted octanol–water partition coefficient (Wildman–Crippen LogP) is 2.34. The molecule has 0 radical (unpaired) electrons. The van der Waals surface area contributed by atoms with Crippen molar-refractivity contribution in [2.24, 2.45) is 10.7 Å². The maximum absolute atomic E-state index is 12.4. The second-order valence-electron chi connectivity index (χ2n) is 6.29. The predicted molar refractivity (Wildman–Crippen MR) is 96.4 cm³/mol. The van der Waals surface area contributed by atoms with Crippen LogP contribution in [0, 0.1) is 0 Å². The molecule has 146 valence electrons. The number of guanidine groups is 1. The molecule has 1 fully saturated rings. The smallest absolute Gasteiger partial charge is 0.404 e. The van der Waals surface area contributed by atoms with Crippen LogP contribution in [0.25, 0.3) is 0 Å². The fraction of sp³-hybridized carbons (Fsp3) is 0.588. The molecule has 26 heavy (non-hydrogen) atoms. The number of rotatable bonds is 6. The highest BCUT2D eigenvalue weighted by Gasteiger charge is 2.32. The number of nitrogens with one attached hydrogen (secondary N) is 1. The highest BCUT2D eigenvalue weighted by molar-refractivity contribution is 5.93. The van der Waals surface area contributed by atoms with Crippen LogP contribution in [0.4, 0.5) is 18.9 Å². The van der Waals surface area contributed by atoms with Crippen LogP contribution in [0.3, 0.4) is 0 Å². The van der Waals surface area contributed by atoms with Gasteiger partial charge in [-0.3, -0.25) is 4.99 Å². The highest BCUT2D eigenvalue weighted by Crippen LogP contribution is 2.29. The van der Waals surface area contributed by atoms with Gasteiger partial charge in [-0.25, -0.2) is 0 Å². The Bertz CT molecular complexity index is 594. The van der Waals surface area contributed by atoms with Gasteiger partial charge < -0.3 is 25.6 Å². The molecule has 0 atom stereocenters. The van der Waals surface area contributed by atoms with E-state index >= 15 is 0 Å². The monoisotopic (exact) mass is 373 g/mol. The number of para-hydroxylation sites is 2. The second kappa shape index (κ2) is 9.63. The fourth-order valence-electron chi connectivity index (χ4n) is 2.78. The van der Waals surface area contributed by atoms with Crippen LogP contribution in [-0.4, -0.2) is 68.4 Å². The van der Waals surface area contributed by atoms with E-state index in [4.69, 9.17) is 5.73 Å². The first-order valence-electron chi connectivity index (χ1n) is 8.66. The van der Waals surface area contributed by atoms with Gasteiger partial charge in [-0.2, -0.15) is 0 Å². The summed E-state index contributed by atoms with van der Waals surface area (Å²) >= 11 is 0. The number of alkyl halides is 3. The Morgan fingerprint density at radius 2 is 2.00 bits per heavy atom. The molecule has 0 saturated carbocycles. The summed E-state index contributed by atoms with van der Waals surface area (Å²) in [5, 5.41) is 2.67. The molecule has 1 aliphatic heterocycles. The van der Waals surface area contributed by atoms with Gasteiger partial charge in [0.25, 0.3) is 0 Å². The van der Waals surface area contributed by atoms with Gasteiger partial charge >= 0.3 is 6.36 Å². The number of likely N-dealkylation sites (N-methyl/N-ethyl adjacent to an activating group) is 1. The summed E-state index contributed by atoms with van der Waals surface area (Å²) in [6.45, 7) is 5.72. The summed E-state index contributed by atoms with van der Waals surface area (Å²) in [4.78, 5) is 8.91. The van der Waals surface area contributed by atoms with Gasteiger partial charge in [-0.15, -0.1) is 13.2 Å². The first-order valence-corrected chi connectivity index (χ1v) is 8.66. The first-order chi connectivity index (χ1) is 12.3. The Balaban J connectivity index is 1.79. The van der Waals surface area contributed by atoms with E-state index in [0.717, 1.165) is 45.6 Å². The SMILES string of the molecule is CN1CCCN(CCCN=C(N)Nc2ccccc2OC(F)(F)F)CC1. The molecule has 3 N–H and O–H groups in total. The van der Waals surface area contributed by atoms with E-state index in [2.05, 4.69) is 31.9 Å². The third-order valence-corrected chi connectivity index (χ3v) is 4.10. The number of halogens is 3. The van der Waals surface area contributed by atoms with Gasteiger partial charge in [0.1, 0.15) is 0 Å². The molecule has 9 heteroatoms. The van der Waals surface area contributed by atoms with E-state index in [-0.39, 0.29) is 17.4 Å². The third kappa shape index (κ3) is 7.49. The second-order valence-corrected chi connectivity index (χ2v) is 6.29. The Labute approximate surface area is 151 Å². The normalized spacial score (nSPS) is 17.8. The standard InChI is InChI=1S/C17H26F3N5O/c1-24-9-5-11-25(13-12-24)10-4-8-22-16(21)23-14-6-2-3-7-15(14)26-17(18,19)20/h2-3,6-7H,4-5,8-13H2,1H3,(H3,21,22,23). The van der Waals surface area contributed by atoms with Crippen molar-refractivity contribution >= 4 is 11.6 Å². The van der Waals surface area contributed by atoms with Crippen molar-refractivity contribution in [2.75, 3.05) is 51.6 Å². The number of anilines is 1. The lowest BCUT2D eigenvalue weighted by molar-refractivity contribution is -0.274. The van der Waals surface area contributed by atoms with Gasteiger partial charge in [0.2, 0.25) is 0 Å². The maximum atomic E-state index is 12.4. The van der Waals surface area contributed by atoms with Crippen LogP contribution in [0.5, 0.6) is 5.75 Å². The van der Waals surface area contributed by atoms with E-state index in [1.165, 1.54) is 18.2 Å². The summed E-state index contributed by atoms with van der Waals surface area (Å²) in [5.74, 6) is -0.273. The Morgan fingerprint density at radius 1 is 1.23 bits per heavy atom. The molecule has 1 saturated heterocycles. The number of nitrogens with two attached hydrogens (primary N) is 1. The lowest BCUT2D eigenvalue weighted by atomic mass is 10.3. The molecule has 1 aliphatic rings. The summed E-state index contributed by atoms with van der Waals surface area (Å²) < 4.78 is 41.2. The molecule has 0 amide bonds. The van der Waals surface area contributed by atoms with E-state index in [9.17, 15) is 13.2 Å². The number of ether oxygens (including phenoxy) is 1. The van der Waals surface area contributed by atoms with E-state index in [1.807, 2.05) is 0 Å². The van der Waals surface area contributed by atoms with Crippen molar-refractivity contribution in [3.05, 3.63) is 24.3 Å². The van der Waals surface area contributed by atoms with E-state index in [1.54, 1.807) is 6.07 Å². The lowest BCUT2D eigenvalue weighted by Gasteiger charge is -2.19. The average molecular weight is 373 g/mol. The van der Waals surface area contributed by atoms with Crippen molar-refractivity contribution in [1.29, 1.82) is 0 Å². The van der Waals surface area contributed by atoms with E-state index in [0.29, 0.717) is 6.54 Å². The highest BCUT2D eigenvalue weighted by atomic mass is 19.4. The quantitative estimate of drug-likeness (QED) is 0.455. The largest absolute Gasteiger partial charge is 0.573 e. The molecule has 0 bridgehead atoms. The molecular formula is C17H26F3N5O. The molecule has 1 aromatic carbocycles. The molecule has 0 aliphatic carbocycles. The zero-order valence-corrected chi connectivity index (χ0v) is 14.9. The van der Waals surface area contributed by atoms with Crippen LogP contribution < -0.4 is 15.8 Å². The van der Waals surface area contributed by atoms with Crippen molar-refractivity contribution in [1.82, 2.24) is 9.80 Å². The molecule has 2 rings (SSSR count). The molecule has 0 spiro atoms. The Hall–Kier alpha value is -2.00. The van der Waals surface area contributed by atoms with E-state index < -0.39 is 6.36 Å². The van der Waals surface area contributed by atoms with Crippen LogP contribution in [0.2, 0.25) is 0 Å². The molecule has 0 unspecified atom stereocenters. The minimum Gasteiger partial charge on any atom is -0.404 e.